The van der Waals surface area contributed by atoms with Crippen molar-refractivity contribution in [3.05, 3.63) is 11.4 Å². The van der Waals surface area contributed by atoms with Crippen LogP contribution in [0, 0.1) is 5.92 Å². The van der Waals surface area contributed by atoms with Gasteiger partial charge in [0, 0.05) is 6.54 Å². The average Bonchev–Trinajstić information content (AvgIpc) is 2.60. The van der Waals surface area contributed by atoms with Gasteiger partial charge in [-0.05, 0) is 25.7 Å². The van der Waals surface area contributed by atoms with E-state index in [-0.39, 0.29) is 0 Å². The molecule has 0 fully saturated rings. The van der Waals surface area contributed by atoms with E-state index in [0.29, 0.717) is 5.92 Å². The van der Waals surface area contributed by atoms with Gasteiger partial charge < -0.3 is 5.11 Å². The van der Waals surface area contributed by atoms with E-state index >= 15 is 0 Å². The third-order valence-corrected chi connectivity index (χ3v) is 2.66. The molecule has 0 aliphatic heterocycles. The van der Waals surface area contributed by atoms with Crippen LogP contribution in [0.4, 0.5) is 0 Å². The predicted molar refractivity (Wildman–Crippen MR) is 64.1 cm³/mol. The van der Waals surface area contributed by atoms with Crippen LogP contribution in [0.15, 0.2) is 0 Å². The molecule has 4 heteroatoms. The highest BCUT2D eigenvalue weighted by Crippen LogP contribution is 2.23. The fraction of sp³-hybridized carbons (Fsp3) is 0.833. The molecule has 0 aliphatic rings. The SMILES string of the molecule is CCCc1c(C(O)CC(C)C)nnn1CC. The number of hydrogen-bond acceptors (Lipinski definition) is 3. The van der Waals surface area contributed by atoms with E-state index in [1.165, 1.54) is 0 Å². The maximum Gasteiger partial charge on any atom is 0.114 e. The summed E-state index contributed by atoms with van der Waals surface area (Å²) in [6.07, 6.45) is 2.26. The third-order valence-electron chi connectivity index (χ3n) is 2.66. The quantitative estimate of drug-likeness (QED) is 0.808. The molecule has 1 N–H and O–H groups in total. The molecule has 1 atom stereocenters. The second-order valence-corrected chi connectivity index (χ2v) is 4.63. The minimum absolute atomic E-state index is 0.469. The van der Waals surface area contributed by atoms with Crippen molar-refractivity contribution in [2.45, 2.75) is 59.6 Å². The van der Waals surface area contributed by atoms with Crippen molar-refractivity contribution in [1.29, 1.82) is 0 Å². The minimum atomic E-state index is -0.471. The van der Waals surface area contributed by atoms with Gasteiger partial charge in [0.15, 0.2) is 0 Å². The number of aromatic nitrogens is 3. The fourth-order valence-electron chi connectivity index (χ4n) is 1.91. The predicted octanol–water partition coefficient (Wildman–Crippen LogP) is 2.33. The molecule has 0 saturated heterocycles. The monoisotopic (exact) mass is 225 g/mol. The molecule has 0 radical (unpaired) electrons. The Labute approximate surface area is 97.7 Å². The molecule has 1 unspecified atom stereocenters. The van der Waals surface area contributed by atoms with E-state index in [1.54, 1.807) is 0 Å². The number of hydrogen-bond donors (Lipinski definition) is 1. The van der Waals surface area contributed by atoms with Gasteiger partial charge in [0.25, 0.3) is 0 Å². The fourth-order valence-corrected chi connectivity index (χ4v) is 1.91. The zero-order valence-electron chi connectivity index (χ0n) is 10.8. The smallest absolute Gasteiger partial charge is 0.114 e. The summed E-state index contributed by atoms with van der Waals surface area (Å²) in [5, 5.41) is 18.3. The van der Waals surface area contributed by atoms with Crippen LogP contribution in [0.5, 0.6) is 0 Å². The molecule has 4 nitrogen and oxygen atoms in total. The Bertz CT molecular complexity index is 320. The van der Waals surface area contributed by atoms with Crippen LogP contribution in [0.25, 0.3) is 0 Å². The lowest BCUT2D eigenvalue weighted by atomic mass is 10.0. The van der Waals surface area contributed by atoms with Crippen LogP contribution in [0.2, 0.25) is 0 Å². The van der Waals surface area contributed by atoms with Crippen LogP contribution in [0.3, 0.4) is 0 Å². The number of rotatable bonds is 6. The molecular formula is C12H23N3O. The van der Waals surface area contributed by atoms with E-state index in [0.717, 1.165) is 37.2 Å². The standard InChI is InChI=1S/C12H23N3O/c1-5-7-10-12(11(16)8-9(3)4)13-14-15(10)6-2/h9,11,16H,5-8H2,1-4H3. The third kappa shape index (κ3) is 3.04. The van der Waals surface area contributed by atoms with Gasteiger partial charge in [-0.2, -0.15) is 0 Å². The first-order valence-corrected chi connectivity index (χ1v) is 6.20. The Morgan fingerprint density at radius 1 is 1.31 bits per heavy atom. The summed E-state index contributed by atoms with van der Waals surface area (Å²) in [5.41, 5.74) is 1.87. The minimum Gasteiger partial charge on any atom is -0.387 e. The lowest BCUT2D eigenvalue weighted by Crippen LogP contribution is -2.08. The molecule has 0 spiro atoms. The molecule has 1 heterocycles. The van der Waals surface area contributed by atoms with Crippen LogP contribution >= 0.6 is 0 Å². The second kappa shape index (κ2) is 5.99. The molecule has 16 heavy (non-hydrogen) atoms. The van der Waals surface area contributed by atoms with Gasteiger partial charge in [-0.15, -0.1) is 5.10 Å². The number of aliphatic hydroxyl groups excluding tert-OH is 1. The molecule has 1 aromatic rings. The van der Waals surface area contributed by atoms with Crippen molar-refractivity contribution in [3.8, 4) is 0 Å². The topological polar surface area (TPSA) is 50.9 Å². The summed E-state index contributed by atoms with van der Waals surface area (Å²) in [6, 6.07) is 0. The van der Waals surface area contributed by atoms with Crippen LogP contribution < -0.4 is 0 Å². The van der Waals surface area contributed by atoms with E-state index in [4.69, 9.17) is 0 Å². The first-order chi connectivity index (χ1) is 7.60. The van der Waals surface area contributed by atoms with Crippen LogP contribution in [0.1, 0.15) is 58.0 Å². The highest BCUT2D eigenvalue weighted by atomic mass is 16.3. The van der Waals surface area contributed by atoms with Crippen molar-refractivity contribution in [3.63, 3.8) is 0 Å². The van der Waals surface area contributed by atoms with Crippen LogP contribution in [-0.4, -0.2) is 20.1 Å². The maximum absolute atomic E-state index is 10.1. The maximum atomic E-state index is 10.1. The zero-order valence-corrected chi connectivity index (χ0v) is 10.8. The van der Waals surface area contributed by atoms with Crippen molar-refractivity contribution >= 4 is 0 Å². The molecule has 0 aliphatic carbocycles. The van der Waals surface area contributed by atoms with Crippen molar-refractivity contribution in [1.82, 2.24) is 15.0 Å². The number of aryl methyl sites for hydroxylation is 1. The lowest BCUT2D eigenvalue weighted by molar-refractivity contribution is 0.145. The van der Waals surface area contributed by atoms with Gasteiger partial charge in [0.1, 0.15) is 5.69 Å². The first kappa shape index (κ1) is 13.2. The lowest BCUT2D eigenvalue weighted by Gasteiger charge is -2.12. The van der Waals surface area contributed by atoms with Gasteiger partial charge in [-0.3, -0.25) is 0 Å². The summed E-state index contributed by atoms with van der Waals surface area (Å²) < 4.78 is 1.89. The summed E-state index contributed by atoms with van der Waals surface area (Å²) in [5.74, 6) is 0.469. The number of aliphatic hydroxyl groups is 1. The highest BCUT2D eigenvalue weighted by molar-refractivity contribution is 5.13. The second-order valence-electron chi connectivity index (χ2n) is 4.63. The molecule has 92 valence electrons. The number of nitrogens with zero attached hydrogens (tertiary/aromatic N) is 3. The summed E-state index contributed by atoms with van der Waals surface area (Å²) >= 11 is 0. The Morgan fingerprint density at radius 3 is 2.50 bits per heavy atom. The summed E-state index contributed by atoms with van der Waals surface area (Å²) in [6.45, 7) is 9.20. The van der Waals surface area contributed by atoms with Crippen LogP contribution in [-0.2, 0) is 13.0 Å². The molecule has 1 rings (SSSR count). The zero-order chi connectivity index (χ0) is 12.1. The van der Waals surface area contributed by atoms with Gasteiger partial charge in [-0.25, -0.2) is 4.68 Å². The molecule has 0 bridgehead atoms. The van der Waals surface area contributed by atoms with E-state index in [1.807, 2.05) is 11.6 Å². The molecule has 0 aromatic carbocycles. The van der Waals surface area contributed by atoms with Crippen molar-refractivity contribution < 1.29 is 5.11 Å². The molecule has 1 aromatic heterocycles. The summed E-state index contributed by atoms with van der Waals surface area (Å²) in [7, 11) is 0. The van der Waals surface area contributed by atoms with Crippen molar-refractivity contribution in [2.75, 3.05) is 0 Å². The van der Waals surface area contributed by atoms with Crippen molar-refractivity contribution in [2.24, 2.45) is 5.92 Å². The largest absolute Gasteiger partial charge is 0.387 e. The van der Waals surface area contributed by atoms with Gasteiger partial charge in [0.2, 0.25) is 0 Å². The van der Waals surface area contributed by atoms with E-state index in [2.05, 4.69) is 31.1 Å². The van der Waals surface area contributed by atoms with E-state index in [9.17, 15) is 5.11 Å². The first-order valence-electron chi connectivity index (χ1n) is 6.20. The Hall–Kier alpha value is -0.900. The Balaban J connectivity index is 2.89. The Kier molecular flexibility index (Phi) is 4.93. The molecular weight excluding hydrogens is 202 g/mol. The molecule has 0 amide bonds. The van der Waals surface area contributed by atoms with Gasteiger partial charge in [0.05, 0.1) is 11.8 Å². The normalized spacial score (nSPS) is 13.4. The van der Waals surface area contributed by atoms with Gasteiger partial charge >= 0.3 is 0 Å². The van der Waals surface area contributed by atoms with E-state index < -0.39 is 6.10 Å². The molecule has 0 saturated carbocycles. The highest BCUT2D eigenvalue weighted by Gasteiger charge is 2.19. The average molecular weight is 225 g/mol. The Morgan fingerprint density at radius 2 is 2.00 bits per heavy atom. The van der Waals surface area contributed by atoms with Gasteiger partial charge in [-0.1, -0.05) is 32.4 Å². The summed E-state index contributed by atoms with van der Waals surface area (Å²) in [4.78, 5) is 0.